The van der Waals surface area contributed by atoms with Crippen molar-refractivity contribution in [3.63, 3.8) is 0 Å². The monoisotopic (exact) mass is 388 g/mol. The molecule has 0 spiro atoms. The van der Waals surface area contributed by atoms with Crippen molar-refractivity contribution in [3.8, 4) is 0 Å². The summed E-state index contributed by atoms with van der Waals surface area (Å²) in [6, 6.07) is 0. The fourth-order valence-corrected chi connectivity index (χ4v) is 3.62. The Bertz CT molecular complexity index is 423. The molecular formula is C22H37NaO4. The first-order valence-electron chi connectivity index (χ1n) is 10.7. The van der Waals surface area contributed by atoms with E-state index in [-0.39, 0.29) is 35.5 Å². The third-order valence-corrected chi connectivity index (χ3v) is 5.27. The van der Waals surface area contributed by atoms with E-state index in [1.807, 2.05) is 0 Å². The van der Waals surface area contributed by atoms with Crippen molar-refractivity contribution in [2.75, 3.05) is 6.61 Å². The average Bonchev–Trinajstić information content (AvgIpc) is 2.65. The molecule has 2 atom stereocenters. The summed E-state index contributed by atoms with van der Waals surface area (Å²) in [5.41, 5.74) is 0. The van der Waals surface area contributed by atoms with Crippen LogP contribution < -0.4 is 34.7 Å². The van der Waals surface area contributed by atoms with Gasteiger partial charge in [-0.3, -0.25) is 4.79 Å². The molecule has 27 heavy (non-hydrogen) atoms. The number of aliphatic carboxylic acids is 1. The molecule has 0 radical (unpaired) electrons. The number of rotatable bonds is 14. The summed E-state index contributed by atoms with van der Waals surface area (Å²) in [7, 11) is 0. The summed E-state index contributed by atoms with van der Waals surface area (Å²) in [6.45, 7) is 2.64. The molecule has 1 fully saturated rings. The number of allylic oxidation sites excluding steroid dienone is 2. The van der Waals surface area contributed by atoms with Crippen LogP contribution in [0.1, 0.15) is 96.8 Å². The van der Waals surface area contributed by atoms with Crippen LogP contribution in [0.25, 0.3) is 0 Å². The minimum absolute atomic E-state index is 0. The number of carboxylic acids is 1. The van der Waals surface area contributed by atoms with Crippen molar-refractivity contribution in [1.29, 1.82) is 0 Å². The van der Waals surface area contributed by atoms with E-state index in [1.165, 1.54) is 38.5 Å². The second-order valence-corrected chi connectivity index (χ2v) is 7.51. The van der Waals surface area contributed by atoms with Gasteiger partial charge in [0.2, 0.25) is 0 Å². The van der Waals surface area contributed by atoms with Crippen molar-refractivity contribution in [2.45, 2.75) is 96.8 Å². The molecule has 2 unspecified atom stereocenters. The predicted octanol–water partition coefficient (Wildman–Crippen LogP) is 1.57. The zero-order valence-corrected chi connectivity index (χ0v) is 19.5. The third-order valence-electron chi connectivity index (χ3n) is 5.27. The summed E-state index contributed by atoms with van der Waals surface area (Å²) in [4.78, 5) is 23.2. The number of hydrogen-bond donors (Lipinski definition) is 0. The largest absolute Gasteiger partial charge is 1.00 e. The average molecular weight is 389 g/mol. The molecule has 0 amide bonds. The second-order valence-electron chi connectivity index (χ2n) is 7.51. The van der Waals surface area contributed by atoms with E-state index >= 15 is 0 Å². The molecular weight excluding hydrogens is 351 g/mol. The van der Waals surface area contributed by atoms with E-state index in [9.17, 15) is 14.7 Å². The zero-order chi connectivity index (χ0) is 19.0. The van der Waals surface area contributed by atoms with Crippen LogP contribution in [-0.4, -0.2) is 18.5 Å². The van der Waals surface area contributed by atoms with E-state index in [2.05, 4.69) is 19.1 Å². The summed E-state index contributed by atoms with van der Waals surface area (Å²) >= 11 is 0. The molecule has 4 nitrogen and oxygen atoms in total. The Balaban J connectivity index is 0.00000676. The first-order chi connectivity index (χ1) is 12.7. The maximum absolute atomic E-state index is 12.1. The molecule has 0 N–H and O–H groups in total. The SMILES string of the molecule is CCCCCC/C=C/CCCCCCOC(=O)C1CCCCC1C(=O)[O-].[Na+]. The van der Waals surface area contributed by atoms with Gasteiger partial charge >= 0.3 is 35.5 Å². The van der Waals surface area contributed by atoms with Gasteiger partial charge in [0.25, 0.3) is 0 Å². The van der Waals surface area contributed by atoms with Crippen molar-refractivity contribution in [1.82, 2.24) is 0 Å². The van der Waals surface area contributed by atoms with Crippen LogP contribution in [0.2, 0.25) is 0 Å². The van der Waals surface area contributed by atoms with E-state index < -0.39 is 17.8 Å². The first kappa shape index (κ1) is 26.7. The predicted molar refractivity (Wildman–Crippen MR) is 102 cm³/mol. The number of carboxylic acid groups (broad SMARTS) is 1. The maximum atomic E-state index is 12.1. The molecule has 0 saturated heterocycles. The van der Waals surface area contributed by atoms with Crippen molar-refractivity contribution in [2.24, 2.45) is 11.8 Å². The Labute approximate surface area is 187 Å². The topological polar surface area (TPSA) is 66.4 Å². The Hall–Kier alpha value is -0.320. The number of hydrogen-bond acceptors (Lipinski definition) is 4. The van der Waals surface area contributed by atoms with Gasteiger partial charge in [0.15, 0.2) is 0 Å². The third kappa shape index (κ3) is 12.7. The Morgan fingerprint density at radius 3 is 2.04 bits per heavy atom. The molecule has 0 bridgehead atoms. The number of carbonyl (C=O) groups is 2. The molecule has 0 aromatic heterocycles. The number of carbonyl (C=O) groups excluding carboxylic acids is 2. The Morgan fingerprint density at radius 1 is 0.889 bits per heavy atom. The quantitative estimate of drug-likeness (QED) is 0.196. The summed E-state index contributed by atoms with van der Waals surface area (Å²) in [6.07, 6.45) is 19.3. The summed E-state index contributed by atoms with van der Waals surface area (Å²) in [5, 5.41) is 11.1. The second kappa shape index (κ2) is 17.8. The number of unbranched alkanes of at least 4 members (excludes halogenated alkanes) is 8. The minimum Gasteiger partial charge on any atom is -0.550 e. The first-order valence-corrected chi connectivity index (χ1v) is 10.7. The van der Waals surface area contributed by atoms with Crippen LogP contribution in [0.15, 0.2) is 12.2 Å². The minimum atomic E-state index is -1.11. The Morgan fingerprint density at radius 2 is 1.44 bits per heavy atom. The molecule has 150 valence electrons. The van der Waals surface area contributed by atoms with Gasteiger partial charge in [0, 0.05) is 11.9 Å². The standard InChI is InChI=1S/C22H38O4.Na/c1-2-3-4-5-6-7-8-9-10-11-12-15-18-26-22(25)20-17-14-13-16-19(20)21(23)24;/h7-8,19-20H,2-6,9-18H2,1H3,(H,23,24);/q;+1/p-1/b8-7+;. The van der Waals surface area contributed by atoms with Gasteiger partial charge < -0.3 is 14.6 Å². The van der Waals surface area contributed by atoms with Crippen molar-refractivity contribution in [3.05, 3.63) is 12.2 Å². The molecule has 1 aliphatic carbocycles. The van der Waals surface area contributed by atoms with Crippen LogP contribution in [-0.2, 0) is 14.3 Å². The molecule has 5 heteroatoms. The van der Waals surface area contributed by atoms with Gasteiger partial charge in [-0.05, 0) is 44.9 Å². The fourth-order valence-electron chi connectivity index (χ4n) is 3.62. The van der Waals surface area contributed by atoms with Crippen LogP contribution in [0, 0.1) is 11.8 Å². The van der Waals surface area contributed by atoms with E-state index in [4.69, 9.17) is 4.74 Å². The summed E-state index contributed by atoms with van der Waals surface area (Å²) in [5.74, 6) is -2.61. The van der Waals surface area contributed by atoms with Gasteiger partial charge in [-0.2, -0.15) is 0 Å². The zero-order valence-electron chi connectivity index (χ0n) is 17.5. The molecule has 0 aliphatic heterocycles. The fraction of sp³-hybridized carbons (Fsp3) is 0.818. The van der Waals surface area contributed by atoms with Gasteiger partial charge in [0.1, 0.15) is 0 Å². The normalized spacial score (nSPS) is 19.6. The van der Waals surface area contributed by atoms with E-state index in [1.54, 1.807) is 0 Å². The van der Waals surface area contributed by atoms with Gasteiger partial charge in [-0.15, -0.1) is 0 Å². The van der Waals surface area contributed by atoms with E-state index in [0.29, 0.717) is 19.4 Å². The Kier molecular flexibility index (Phi) is 17.5. The van der Waals surface area contributed by atoms with Crippen LogP contribution in [0.4, 0.5) is 0 Å². The van der Waals surface area contributed by atoms with Crippen LogP contribution >= 0.6 is 0 Å². The van der Waals surface area contributed by atoms with Gasteiger partial charge in [-0.25, -0.2) is 0 Å². The van der Waals surface area contributed by atoms with Crippen LogP contribution in [0.5, 0.6) is 0 Å². The van der Waals surface area contributed by atoms with Gasteiger partial charge in [0.05, 0.1) is 12.5 Å². The molecule has 0 aromatic carbocycles. The maximum Gasteiger partial charge on any atom is 1.00 e. The molecule has 1 saturated carbocycles. The molecule has 0 aromatic rings. The van der Waals surface area contributed by atoms with E-state index in [0.717, 1.165) is 38.5 Å². The number of ether oxygens (including phenoxy) is 1. The van der Waals surface area contributed by atoms with Crippen molar-refractivity contribution >= 4 is 11.9 Å². The molecule has 1 rings (SSSR count). The van der Waals surface area contributed by atoms with Crippen molar-refractivity contribution < 1.29 is 49.0 Å². The van der Waals surface area contributed by atoms with Gasteiger partial charge in [-0.1, -0.05) is 64.0 Å². The summed E-state index contributed by atoms with van der Waals surface area (Å²) < 4.78 is 5.31. The number of esters is 1. The molecule has 1 aliphatic rings. The molecule has 0 heterocycles. The van der Waals surface area contributed by atoms with Crippen LogP contribution in [0.3, 0.4) is 0 Å². The smallest absolute Gasteiger partial charge is 0.550 e.